The van der Waals surface area contributed by atoms with Crippen LogP contribution in [0.5, 0.6) is 5.75 Å². The van der Waals surface area contributed by atoms with Gasteiger partial charge in [-0.2, -0.15) is 0 Å². The van der Waals surface area contributed by atoms with Crippen LogP contribution in [0.3, 0.4) is 0 Å². The summed E-state index contributed by atoms with van der Waals surface area (Å²) in [5, 5.41) is 19.3. The smallest absolute Gasteiger partial charge is 0.308 e. The Morgan fingerprint density at radius 1 is 1.38 bits per heavy atom. The van der Waals surface area contributed by atoms with Crippen LogP contribution < -0.4 is 0 Å². The average molecular weight is 217 g/mol. The van der Waals surface area contributed by atoms with Gasteiger partial charge in [0.1, 0.15) is 5.75 Å². The minimum Gasteiger partial charge on any atom is -0.508 e. The number of fused-ring (bicyclic) bond motifs is 3. The summed E-state index contributed by atoms with van der Waals surface area (Å²) in [6, 6.07) is 7.12. The molecule has 2 heterocycles. The van der Waals surface area contributed by atoms with Gasteiger partial charge in [-0.1, -0.05) is 0 Å². The number of carbonyl (C=O) groups is 1. The van der Waals surface area contributed by atoms with Crippen molar-refractivity contribution < 1.29 is 15.0 Å². The Bertz CT molecular complexity index is 585. The lowest BCUT2D eigenvalue weighted by Gasteiger charge is -2.03. The Morgan fingerprint density at radius 2 is 2.19 bits per heavy atom. The number of aromatic nitrogens is 1. The van der Waals surface area contributed by atoms with Gasteiger partial charge in [-0.25, -0.2) is 0 Å². The van der Waals surface area contributed by atoms with Gasteiger partial charge in [0.25, 0.3) is 0 Å². The van der Waals surface area contributed by atoms with Crippen LogP contribution in [-0.4, -0.2) is 20.7 Å². The molecule has 1 atom stereocenters. The summed E-state index contributed by atoms with van der Waals surface area (Å²) in [6.07, 6.45) is 0.574. The maximum atomic E-state index is 10.9. The largest absolute Gasteiger partial charge is 0.508 e. The number of hydrogen-bond acceptors (Lipinski definition) is 2. The van der Waals surface area contributed by atoms with E-state index in [1.165, 1.54) is 0 Å². The molecule has 4 nitrogen and oxygen atoms in total. The quantitative estimate of drug-likeness (QED) is 0.762. The highest BCUT2D eigenvalue weighted by Crippen LogP contribution is 2.30. The normalized spacial score (nSPS) is 18.9. The summed E-state index contributed by atoms with van der Waals surface area (Å²) >= 11 is 0. The number of phenols is 1. The van der Waals surface area contributed by atoms with Crippen molar-refractivity contribution in [2.24, 2.45) is 5.92 Å². The number of aromatic hydroxyl groups is 1. The average Bonchev–Trinajstić information content (AvgIpc) is 2.73. The predicted octanol–water partition coefficient (Wildman–Crippen LogP) is 1.60. The number of carboxylic acids is 1. The summed E-state index contributed by atoms with van der Waals surface area (Å²) in [4.78, 5) is 10.9. The second kappa shape index (κ2) is 3.01. The van der Waals surface area contributed by atoms with E-state index < -0.39 is 5.97 Å². The van der Waals surface area contributed by atoms with Crippen LogP contribution >= 0.6 is 0 Å². The molecular weight excluding hydrogens is 206 g/mol. The predicted molar refractivity (Wildman–Crippen MR) is 58.4 cm³/mol. The standard InChI is InChI=1S/C12H11NO3/c14-10-1-2-11-7(5-10)3-9-4-8(12(15)16)6-13(9)11/h1-3,5,8,14H,4,6H2,(H,15,16). The number of benzene rings is 1. The number of aliphatic carboxylic acids is 1. The first-order valence-electron chi connectivity index (χ1n) is 5.19. The number of nitrogens with zero attached hydrogens (tertiary/aromatic N) is 1. The van der Waals surface area contributed by atoms with E-state index in [4.69, 9.17) is 5.11 Å². The lowest BCUT2D eigenvalue weighted by Crippen LogP contribution is -2.14. The van der Waals surface area contributed by atoms with E-state index >= 15 is 0 Å². The molecule has 0 aliphatic carbocycles. The van der Waals surface area contributed by atoms with Gasteiger partial charge in [-0.3, -0.25) is 4.79 Å². The summed E-state index contributed by atoms with van der Waals surface area (Å²) in [5.41, 5.74) is 2.03. The van der Waals surface area contributed by atoms with Crippen LogP contribution in [0, 0.1) is 5.92 Å². The van der Waals surface area contributed by atoms with Crippen LogP contribution in [0.15, 0.2) is 24.3 Å². The molecule has 0 spiro atoms. The summed E-state index contributed by atoms with van der Waals surface area (Å²) in [7, 11) is 0. The Labute approximate surface area is 91.7 Å². The van der Waals surface area contributed by atoms with Crippen molar-refractivity contribution in [3.8, 4) is 5.75 Å². The number of hydrogen-bond donors (Lipinski definition) is 2. The van der Waals surface area contributed by atoms with Crippen molar-refractivity contribution >= 4 is 16.9 Å². The Kier molecular flexibility index (Phi) is 1.74. The first kappa shape index (κ1) is 9.27. The minimum absolute atomic E-state index is 0.242. The maximum absolute atomic E-state index is 10.9. The van der Waals surface area contributed by atoms with Crippen molar-refractivity contribution in [2.75, 3.05) is 0 Å². The van der Waals surface area contributed by atoms with Gasteiger partial charge in [-0.05, 0) is 24.3 Å². The number of carboxylic acid groups (broad SMARTS) is 1. The molecule has 1 aliphatic heterocycles. The highest BCUT2D eigenvalue weighted by atomic mass is 16.4. The highest BCUT2D eigenvalue weighted by molar-refractivity contribution is 5.84. The molecule has 16 heavy (non-hydrogen) atoms. The van der Waals surface area contributed by atoms with Crippen molar-refractivity contribution in [2.45, 2.75) is 13.0 Å². The Hall–Kier alpha value is -1.97. The lowest BCUT2D eigenvalue weighted by atomic mass is 10.1. The molecular formula is C12H11NO3. The zero-order valence-electron chi connectivity index (χ0n) is 8.55. The summed E-state index contributed by atoms with van der Waals surface area (Å²) in [6.45, 7) is 0.527. The third-order valence-corrected chi connectivity index (χ3v) is 3.18. The fraction of sp³-hybridized carbons (Fsp3) is 0.250. The third kappa shape index (κ3) is 1.19. The maximum Gasteiger partial charge on any atom is 0.308 e. The Balaban J connectivity index is 2.12. The van der Waals surface area contributed by atoms with Gasteiger partial charge in [0.2, 0.25) is 0 Å². The molecule has 0 radical (unpaired) electrons. The van der Waals surface area contributed by atoms with Crippen molar-refractivity contribution in [1.29, 1.82) is 0 Å². The first-order chi connectivity index (χ1) is 7.65. The van der Waals surface area contributed by atoms with E-state index in [2.05, 4.69) is 0 Å². The molecule has 2 N–H and O–H groups in total. The van der Waals surface area contributed by atoms with Gasteiger partial charge in [0, 0.05) is 29.6 Å². The molecule has 3 rings (SSSR count). The van der Waals surface area contributed by atoms with Crippen molar-refractivity contribution in [3.63, 3.8) is 0 Å². The molecule has 1 aromatic carbocycles. The zero-order valence-corrected chi connectivity index (χ0v) is 8.55. The SMILES string of the molecule is O=C(O)C1Cc2cc3cc(O)ccc3n2C1. The fourth-order valence-corrected chi connectivity index (χ4v) is 2.40. The van der Waals surface area contributed by atoms with Crippen LogP contribution in [-0.2, 0) is 17.8 Å². The van der Waals surface area contributed by atoms with E-state index in [1.54, 1.807) is 12.1 Å². The molecule has 4 heteroatoms. The van der Waals surface area contributed by atoms with Gasteiger partial charge in [0.15, 0.2) is 0 Å². The van der Waals surface area contributed by atoms with E-state index in [-0.39, 0.29) is 11.7 Å². The van der Waals surface area contributed by atoms with E-state index in [9.17, 15) is 9.90 Å². The molecule has 1 aromatic heterocycles. The monoisotopic (exact) mass is 217 g/mol. The third-order valence-electron chi connectivity index (χ3n) is 3.18. The molecule has 2 aromatic rings. The van der Waals surface area contributed by atoms with Crippen LogP contribution in [0.2, 0.25) is 0 Å². The topological polar surface area (TPSA) is 62.5 Å². The second-order valence-corrected chi connectivity index (χ2v) is 4.23. The van der Waals surface area contributed by atoms with Crippen LogP contribution in [0.4, 0.5) is 0 Å². The molecule has 0 fully saturated rings. The van der Waals surface area contributed by atoms with E-state index in [0.29, 0.717) is 13.0 Å². The molecule has 0 bridgehead atoms. The Morgan fingerprint density at radius 3 is 2.94 bits per heavy atom. The van der Waals surface area contributed by atoms with E-state index in [1.807, 2.05) is 16.7 Å². The molecule has 1 unspecified atom stereocenters. The van der Waals surface area contributed by atoms with Crippen LogP contribution in [0.1, 0.15) is 5.69 Å². The molecule has 82 valence electrons. The molecule has 1 aliphatic rings. The molecule has 0 amide bonds. The van der Waals surface area contributed by atoms with Gasteiger partial charge >= 0.3 is 5.97 Å². The van der Waals surface area contributed by atoms with Gasteiger partial charge in [-0.15, -0.1) is 0 Å². The van der Waals surface area contributed by atoms with Gasteiger partial charge in [0.05, 0.1) is 5.92 Å². The number of phenolic OH excluding ortho intramolecular Hbond substituents is 1. The van der Waals surface area contributed by atoms with E-state index in [0.717, 1.165) is 16.6 Å². The molecule has 0 saturated heterocycles. The molecule has 0 saturated carbocycles. The summed E-state index contributed by atoms with van der Waals surface area (Å²) in [5.74, 6) is -0.810. The van der Waals surface area contributed by atoms with Crippen molar-refractivity contribution in [3.05, 3.63) is 30.0 Å². The van der Waals surface area contributed by atoms with Crippen molar-refractivity contribution in [1.82, 2.24) is 4.57 Å². The second-order valence-electron chi connectivity index (χ2n) is 4.23. The minimum atomic E-state index is -0.740. The zero-order chi connectivity index (χ0) is 11.3. The lowest BCUT2D eigenvalue weighted by molar-refractivity contribution is -0.141. The van der Waals surface area contributed by atoms with Gasteiger partial charge < -0.3 is 14.8 Å². The first-order valence-corrected chi connectivity index (χ1v) is 5.19. The highest BCUT2D eigenvalue weighted by Gasteiger charge is 2.28. The fourth-order valence-electron chi connectivity index (χ4n) is 2.40. The summed E-state index contributed by atoms with van der Waals surface area (Å²) < 4.78 is 2.02. The van der Waals surface area contributed by atoms with Crippen LogP contribution in [0.25, 0.3) is 10.9 Å². The number of rotatable bonds is 1.